The minimum absolute atomic E-state index is 0.880. The molecular formula is C54H34N2O. The number of benzene rings is 9. The van der Waals surface area contributed by atoms with Crippen molar-refractivity contribution < 1.29 is 4.42 Å². The van der Waals surface area contributed by atoms with Crippen LogP contribution in [0.2, 0.25) is 0 Å². The first-order valence-electron chi connectivity index (χ1n) is 19.5. The van der Waals surface area contributed by atoms with Gasteiger partial charge in [0.2, 0.25) is 0 Å². The van der Waals surface area contributed by atoms with Crippen LogP contribution in [0.15, 0.2) is 211 Å². The Bertz CT molecular complexity index is 3510. The molecule has 0 amide bonds. The number of para-hydroxylation sites is 3. The van der Waals surface area contributed by atoms with Crippen LogP contribution in [-0.2, 0) is 0 Å². The van der Waals surface area contributed by atoms with E-state index < -0.39 is 0 Å². The third kappa shape index (κ3) is 4.86. The van der Waals surface area contributed by atoms with E-state index in [1.807, 2.05) is 0 Å². The molecule has 12 rings (SSSR count). The molecule has 0 radical (unpaired) electrons. The maximum Gasteiger partial charge on any atom is 0.136 e. The van der Waals surface area contributed by atoms with Gasteiger partial charge in [-0.1, -0.05) is 133 Å². The standard InChI is InChI=1S/C54H34N2O/c1-3-14-35(15-4-1)40-18-7-8-19-41(40)44-22-13-25-53-54(44)47-34-39(28-31-52(47)57-53)56-49-24-12-10-21-43(49)46-33-37(27-30-51(46)56)36-26-29-50-45(32-36)42-20-9-11-23-48(42)55(50)38-16-5-2-6-17-38/h1-34H. The number of fused-ring (bicyclic) bond motifs is 9. The zero-order chi connectivity index (χ0) is 37.5. The first kappa shape index (κ1) is 31.7. The van der Waals surface area contributed by atoms with Crippen LogP contribution in [0.25, 0.3) is 110 Å². The van der Waals surface area contributed by atoms with Gasteiger partial charge in [-0.05, 0) is 106 Å². The molecule has 266 valence electrons. The van der Waals surface area contributed by atoms with Gasteiger partial charge in [-0.2, -0.15) is 0 Å². The van der Waals surface area contributed by atoms with Crippen LogP contribution in [0.5, 0.6) is 0 Å². The Balaban J connectivity index is 1.03. The average Bonchev–Trinajstić information content (AvgIpc) is 3.94. The summed E-state index contributed by atoms with van der Waals surface area (Å²) in [5.41, 5.74) is 16.0. The summed E-state index contributed by atoms with van der Waals surface area (Å²) >= 11 is 0. The summed E-state index contributed by atoms with van der Waals surface area (Å²) in [5.74, 6) is 0. The van der Waals surface area contributed by atoms with Gasteiger partial charge >= 0.3 is 0 Å². The number of hydrogen-bond donors (Lipinski definition) is 0. The van der Waals surface area contributed by atoms with E-state index in [9.17, 15) is 0 Å². The smallest absolute Gasteiger partial charge is 0.136 e. The number of aromatic nitrogens is 2. The molecular weight excluding hydrogens is 693 g/mol. The van der Waals surface area contributed by atoms with Crippen molar-refractivity contribution in [3.05, 3.63) is 206 Å². The number of hydrogen-bond acceptors (Lipinski definition) is 1. The van der Waals surface area contributed by atoms with E-state index in [4.69, 9.17) is 4.42 Å². The summed E-state index contributed by atoms with van der Waals surface area (Å²) in [7, 11) is 0. The van der Waals surface area contributed by atoms with Crippen molar-refractivity contribution in [1.82, 2.24) is 9.13 Å². The zero-order valence-electron chi connectivity index (χ0n) is 30.9. The second-order valence-corrected chi connectivity index (χ2v) is 14.9. The van der Waals surface area contributed by atoms with Crippen LogP contribution in [0.3, 0.4) is 0 Å². The summed E-state index contributed by atoms with van der Waals surface area (Å²) in [4.78, 5) is 0. The van der Waals surface area contributed by atoms with E-state index >= 15 is 0 Å². The fourth-order valence-electron chi connectivity index (χ4n) is 9.20. The molecule has 0 N–H and O–H groups in total. The van der Waals surface area contributed by atoms with Crippen LogP contribution >= 0.6 is 0 Å². The van der Waals surface area contributed by atoms with Gasteiger partial charge in [0, 0.05) is 43.7 Å². The van der Waals surface area contributed by atoms with Crippen molar-refractivity contribution in [2.75, 3.05) is 0 Å². The van der Waals surface area contributed by atoms with Crippen molar-refractivity contribution in [2.45, 2.75) is 0 Å². The molecule has 0 aliphatic heterocycles. The number of rotatable bonds is 5. The molecule has 0 atom stereocenters. The molecule has 9 aromatic carbocycles. The molecule has 0 spiro atoms. The fourth-order valence-corrected chi connectivity index (χ4v) is 9.20. The topological polar surface area (TPSA) is 23.0 Å². The Morgan fingerprint density at radius 1 is 0.281 bits per heavy atom. The largest absolute Gasteiger partial charge is 0.456 e. The van der Waals surface area contributed by atoms with Crippen LogP contribution in [0, 0.1) is 0 Å². The number of furan rings is 1. The van der Waals surface area contributed by atoms with Crippen LogP contribution in [0.4, 0.5) is 0 Å². The predicted molar refractivity (Wildman–Crippen MR) is 239 cm³/mol. The maximum absolute atomic E-state index is 6.55. The monoisotopic (exact) mass is 726 g/mol. The van der Waals surface area contributed by atoms with Crippen LogP contribution in [-0.4, -0.2) is 9.13 Å². The lowest BCUT2D eigenvalue weighted by atomic mass is 9.92. The Morgan fingerprint density at radius 2 is 0.825 bits per heavy atom. The van der Waals surface area contributed by atoms with Crippen molar-refractivity contribution in [3.8, 4) is 44.8 Å². The van der Waals surface area contributed by atoms with E-state index in [2.05, 4.69) is 215 Å². The lowest BCUT2D eigenvalue weighted by molar-refractivity contribution is 0.669. The van der Waals surface area contributed by atoms with Crippen molar-refractivity contribution in [2.24, 2.45) is 0 Å². The quantitative estimate of drug-likeness (QED) is 0.173. The molecule has 57 heavy (non-hydrogen) atoms. The van der Waals surface area contributed by atoms with Gasteiger partial charge in [0.05, 0.1) is 22.1 Å². The zero-order valence-corrected chi connectivity index (χ0v) is 30.9. The molecule has 3 heteroatoms. The van der Waals surface area contributed by atoms with Crippen LogP contribution < -0.4 is 0 Å². The first-order valence-corrected chi connectivity index (χ1v) is 19.5. The minimum Gasteiger partial charge on any atom is -0.456 e. The Hall–Kier alpha value is -7.62. The van der Waals surface area contributed by atoms with Gasteiger partial charge in [-0.3, -0.25) is 0 Å². The molecule has 0 bridgehead atoms. The van der Waals surface area contributed by atoms with Gasteiger partial charge in [-0.25, -0.2) is 0 Å². The Kier molecular flexibility index (Phi) is 6.93. The van der Waals surface area contributed by atoms with E-state index in [0.29, 0.717) is 0 Å². The summed E-state index contributed by atoms with van der Waals surface area (Å²) in [6, 6.07) is 74.4. The average molecular weight is 727 g/mol. The minimum atomic E-state index is 0.880. The van der Waals surface area contributed by atoms with Gasteiger partial charge in [-0.15, -0.1) is 0 Å². The predicted octanol–water partition coefficient (Wildman–Crippen LogP) is 14.8. The second-order valence-electron chi connectivity index (χ2n) is 14.9. The molecule has 3 nitrogen and oxygen atoms in total. The maximum atomic E-state index is 6.55. The molecule has 0 unspecified atom stereocenters. The van der Waals surface area contributed by atoms with Gasteiger partial charge < -0.3 is 13.6 Å². The summed E-state index contributed by atoms with van der Waals surface area (Å²) in [6.45, 7) is 0. The Morgan fingerprint density at radius 3 is 1.51 bits per heavy atom. The van der Waals surface area contributed by atoms with Crippen molar-refractivity contribution in [3.63, 3.8) is 0 Å². The lowest BCUT2D eigenvalue weighted by Crippen LogP contribution is -1.93. The summed E-state index contributed by atoms with van der Waals surface area (Å²) in [6.07, 6.45) is 0. The fraction of sp³-hybridized carbons (Fsp3) is 0. The molecule has 0 saturated heterocycles. The lowest BCUT2D eigenvalue weighted by Gasteiger charge is -2.12. The SMILES string of the molecule is c1ccc(-c2ccccc2-c2cccc3oc4ccc(-n5c6ccccc6c6cc(-c7ccc8c(c7)c7ccccc7n8-c7ccccc7)ccc65)cc4c23)cc1. The van der Waals surface area contributed by atoms with Gasteiger partial charge in [0.25, 0.3) is 0 Å². The molecule has 0 aliphatic carbocycles. The Labute approximate surface area is 328 Å². The summed E-state index contributed by atoms with van der Waals surface area (Å²) in [5, 5.41) is 7.19. The van der Waals surface area contributed by atoms with E-state index in [1.165, 1.54) is 82.7 Å². The van der Waals surface area contributed by atoms with Gasteiger partial charge in [0.15, 0.2) is 0 Å². The highest BCUT2D eigenvalue weighted by Crippen LogP contribution is 2.43. The van der Waals surface area contributed by atoms with Crippen molar-refractivity contribution in [1.29, 1.82) is 0 Å². The van der Waals surface area contributed by atoms with E-state index in [-0.39, 0.29) is 0 Å². The summed E-state index contributed by atoms with van der Waals surface area (Å²) < 4.78 is 11.3. The molecule has 3 heterocycles. The molecule has 0 saturated carbocycles. The second kappa shape index (κ2) is 12.5. The normalized spacial score (nSPS) is 11.9. The van der Waals surface area contributed by atoms with Gasteiger partial charge in [0.1, 0.15) is 11.2 Å². The highest BCUT2D eigenvalue weighted by Gasteiger charge is 2.19. The molecule has 0 aliphatic rings. The van der Waals surface area contributed by atoms with Crippen LogP contribution in [0.1, 0.15) is 0 Å². The van der Waals surface area contributed by atoms with E-state index in [1.54, 1.807) is 0 Å². The number of nitrogens with zero attached hydrogens (tertiary/aromatic N) is 2. The highest BCUT2D eigenvalue weighted by molar-refractivity contribution is 6.16. The third-order valence-electron chi connectivity index (χ3n) is 11.7. The highest BCUT2D eigenvalue weighted by atomic mass is 16.3. The molecule has 0 fully saturated rings. The third-order valence-corrected chi connectivity index (χ3v) is 11.7. The molecule has 3 aromatic heterocycles. The van der Waals surface area contributed by atoms with E-state index in [0.717, 1.165) is 27.6 Å². The van der Waals surface area contributed by atoms with Crippen molar-refractivity contribution >= 4 is 65.6 Å². The first-order chi connectivity index (χ1) is 28.3. The molecule has 12 aromatic rings.